The second-order valence-corrected chi connectivity index (χ2v) is 37.4. The van der Waals surface area contributed by atoms with Gasteiger partial charge in [-0.1, -0.05) is 510 Å². The van der Waals surface area contributed by atoms with E-state index < -0.39 is 0 Å². The van der Waals surface area contributed by atoms with Gasteiger partial charge in [-0.25, -0.2) is 0 Å². The summed E-state index contributed by atoms with van der Waals surface area (Å²) in [6, 6.07) is 198. The third kappa shape index (κ3) is 14.0. The molecule has 0 heteroatoms. The molecule has 0 saturated carbocycles. The van der Waals surface area contributed by atoms with Crippen LogP contribution in [0.1, 0.15) is 0 Å². The Hall–Kier alpha value is -18.2. The van der Waals surface area contributed by atoms with Crippen LogP contribution in [0, 0.1) is 0 Å². The minimum Gasteiger partial charge on any atom is -0.0622 e. The number of benzene rings is 28. The van der Waals surface area contributed by atoms with E-state index in [1.165, 1.54) is 285 Å². The average molecular weight is 1770 g/mol. The number of hydrogen-bond donors (Lipinski definition) is 0. The molecule has 0 amide bonds. The Bertz CT molecular complexity index is 9120. The first-order valence-corrected chi connectivity index (χ1v) is 48.6. The summed E-state index contributed by atoms with van der Waals surface area (Å²) in [6.45, 7) is 0. The maximum absolute atomic E-state index is 2.47. The summed E-state index contributed by atoms with van der Waals surface area (Å²) < 4.78 is 0. The number of hydrogen-bond acceptors (Lipinski definition) is 0. The lowest BCUT2D eigenvalue weighted by molar-refractivity contribution is 1.59. The molecule has 0 atom stereocenters. The van der Waals surface area contributed by atoms with Gasteiger partial charge in [-0.05, 0) is 309 Å². The second-order valence-electron chi connectivity index (χ2n) is 37.4. The number of rotatable bonds is 14. The molecule has 0 radical (unpaired) electrons. The van der Waals surface area contributed by atoms with Crippen molar-refractivity contribution in [3.63, 3.8) is 0 Å². The van der Waals surface area contributed by atoms with Crippen LogP contribution in [-0.4, -0.2) is 0 Å². The fraction of sp³-hybridized carbons (Fsp3) is 0. The third-order valence-electron chi connectivity index (χ3n) is 29.7. The first-order chi connectivity index (χ1) is 69.4. The lowest BCUT2D eigenvalue weighted by atomic mass is 9.81. The van der Waals surface area contributed by atoms with Crippen LogP contribution in [0.2, 0.25) is 0 Å². The van der Waals surface area contributed by atoms with E-state index in [4.69, 9.17) is 0 Å². The summed E-state index contributed by atoms with van der Waals surface area (Å²) >= 11 is 0. The molecular formula is C140H88. The highest BCUT2D eigenvalue weighted by Gasteiger charge is 2.27. The van der Waals surface area contributed by atoms with Crippen molar-refractivity contribution in [3.8, 4) is 156 Å². The lowest BCUT2D eigenvalue weighted by Crippen LogP contribution is -1.95. The molecule has 0 bridgehead atoms. The van der Waals surface area contributed by atoms with Gasteiger partial charge < -0.3 is 0 Å². The van der Waals surface area contributed by atoms with Crippen LogP contribution in [0.5, 0.6) is 0 Å². The number of fused-ring (bicyclic) bond motifs is 6. The minimum atomic E-state index is 1.19. The van der Waals surface area contributed by atoms with Crippen LogP contribution in [0.15, 0.2) is 534 Å². The zero-order chi connectivity index (χ0) is 92.2. The Labute approximate surface area is 812 Å². The predicted octanol–water partition coefficient (Wildman–Crippen LogP) is 39.4. The highest BCUT2D eigenvalue weighted by molar-refractivity contribution is 6.35. The molecule has 28 aromatic rings. The topological polar surface area (TPSA) is 0 Å². The van der Waals surface area contributed by atoms with Crippen LogP contribution in [0.3, 0.4) is 0 Å². The largest absolute Gasteiger partial charge is 0.0622 e. The van der Waals surface area contributed by atoms with Gasteiger partial charge in [0, 0.05) is 0 Å². The van der Waals surface area contributed by atoms with Crippen LogP contribution in [0.4, 0.5) is 0 Å². The van der Waals surface area contributed by atoms with E-state index in [-0.39, 0.29) is 0 Å². The maximum Gasteiger partial charge on any atom is -0.00139 e. The van der Waals surface area contributed by atoms with Crippen molar-refractivity contribution in [3.05, 3.63) is 534 Å². The normalized spacial score (nSPS) is 11.7. The van der Waals surface area contributed by atoms with E-state index >= 15 is 0 Å². The van der Waals surface area contributed by atoms with Crippen molar-refractivity contribution in [1.82, 2.24) is 0 Å². The van der Waals surface area contributed by atoms with Crippen molar-refractivity contribution in [2.45, 2.75) is 0 Å². The molecule has 0 saturated heterocycles. The van der Waals surface area contributed by atoms with E-state index in [1.54, 1.807) is 0 Å². The van der Waals surface area contributed by atoms with Gasteiger partial charge >= 0.3 is 0 Å². The average Bonchev–Trinajstić information content (AvgIpc) is 0.488. The van der Waals surface area contributed by atoms with Gasteiger partial charge in [0.25, 0.3) is 0 Å². The van der Waals surface area contributed by atoms with Gasteiger partial charge in [0.15, 0.2) is 0 Å². The molecule has 0 heterocycles. The summed E-state index contributed by atoms with van der Waals surface area (Å²) in [6.07, 6.45) is 0. The van der Waals surface area contributed by atoms with Crippen molar-refractivity contribution in [2.24, 2.45) is 0 Å². The fourth-order valence-electron chi connectivity index (χ4n) is 23.0. The van der Waals surface area contributed by atoms with Crippen molar-refractivity contribution < 1.29 is 0 Å². The molecule has 0 aliphatic rings. The van der Waals surface area contributed by atoms with Crippen molar-refractivity contribution in [2.75, 3.05) is 0 Å². The predicted molar refractivity (Wildman–Crippen MR) is 601 cm³/mol. The molecule has 0 fully saturated rings. The fourth-order valence-corrected chi connectivity index (χ4v) is 23.0. The van der Waals surface area contributed by atoms with E-state index in [0.29, 0.717) is 0 Å². The zero-order valence-corrected chi connectivity index (χ0v) is 76.8. The van der Waals surface area contributed by atoms with Gasteiger partial charge in [-0.3, -0.25) is 0 Å². The highest BCUT2D eigenvalue weighted by Crippen LogP contribution is 2.54. The monoisotopic (exact) mass is 1770 g/mol. The molecule has 648 valence electrons. The molecular weight excluding hydrogens is 1680 g/mol. The van der Waals surface area contributed by atoms with E-state index in [0.717, 1.165) is 0 Å². The van der Waals surface area contributed by atoms with Gasteiger partial charge in [0.2, 0.25) is 0 Å². The molecule has 0 spiro atoms. The minimum absolute atomic E-state index is 1.19. The summed E-state index contributed by atoms with van der Waals surface area (Å²) in [4.78, 5) is 0. The smallest absolute Gasteiger partial charge is 0.00139 e. The van der Waals surface area contributed by atoms with Gasteiger partial charge in [-0.15, -0.1) is 0 Å². The Morgan fingerprint density at radius 2 is 0.214 bits per heavy atom. The molecule has 140 heavy (non-hydrogen) atoms. The lowest BCUT2D eigenvalue weighted by Gasteiger charge is -2.22. The Morgan fingerprint density at radius 3 is 0.429 bits per heavy atom. The van der Waals surface area contributed by atoms with Crippen LogP contribution >= 0.6 is 0 Å². The summed E-state index contributed by atoms with van der Waals surface area (Å²) in [5.41, 5.74) is 34.2. The molecule has 0 nitrogen and oxygen atoms in total. The Balaban J connectivity index is 0.000000141. The van der Waals surface area contributed by atoms with Gasteiger partial charge in [0.1, 0.15) is 0 Å². The Morgan fingerprint density at radius 1 is 0.0714 bits per heavy atom. The maximum atomic E-state index is 2.47. The zero-order valence-electron chi connectivity index (χ0n) is 76.8. The van der Waals surface area contributed by atoms with Crippen molar-refractivity contribution in [1.29, 1.82) is 0 Å². The molecule has 0 aliphatic carbocycles. The van der Waals surface area contributed by atoms with Crippen LogP contribution < -0.4 is 0 Å². The molecule has 28 aromatic carbocycles. The standard InChI is InChI=1S/C72H46.C68H42/c1-3-13-47(14-4-1)49-25-29-55(30-26-49)67-45-69(57-37-33-53(34-38-57)61-23-11-19-51-17-7-9-21-59(51)61)65-44-42-64-68(56-31-27-50(28-32-56)48-15-5-2-6-16-48)46-70(66-43-41-63(67)71(65)72(64)66)58-39-35-54(36-40-58)62-24-12-20-52-18-8-10-22-60(52)62;1-5-21-51-43(13-1)17-9-25-53(51)47-29-33-49(34-30-47)63-41-65(57-27-11-19-45-15-3-7-23-55(45)57)61-40-38-60-64(50-35-31-48(32-36-50)54-26-10-18-44-14-2-6-22-52(44)54)42-66(62-39-37-59(63)67(61)68(60)62)58-28-12-20-46-16-4-8-24-56(46)58/h1-46H;1-42H. The quantitative estimate of drug-likeness (QED) is 0.0952. The first-order valence-electron chi connectivity index (χ1n) is 48.6. The first kappa shape index (κ1) is 81.4. The summed E-state index contributed by atoms with van der Waals surface area (Å²) in [5, 5.41) is 30.3. The molecule has 0 unspecified atom stereocenters. The van der Waals surface area contributed by atoms with Gasteiger partial charge in [-0.2, -0.15) is 0 Å². The van der Waals surface area contributed by atoms with Crippen molar-refractivity contribution >= 4 is 129 Å². The third-order valence-corrected chi connectivity index (χ3v) is 29.7. The van der Waals surface area contributed by atoms with E-state index in [1.807, 2.05) is 0 Å². The molecule has 28 rings (SSSR count). The highest BCUT2D eigenvalue weighted by atomic mass is 14.3. The van der Waals surface area contributed by atoms with Gasteiger partial charge in [0.05, 0.1) is 0 Å². The SMILES string of the molecule is c1ccc(-c2ccc(-c3cc(-c4ccc(-c5cccc6ccccc56)cc4)c4ccc5c(-c6ccc(-c7ccccc7)cc6)cc(-c6ccc(-c7cccc8ccccc78)cc6)c6ccc3c4c56)cc2)cc1.c1ccc2c(-c3ccc(-c4cc(-c5cccc6ccccc56)c5ccc6c(-c7ccc(-c8cccc9ccccc89)cc7)cc(-c7cccc8ccccc78)c7ccc4c5c67)cc3)cccc2c1. The van der Waals surface area contributed by atoms with E-state index in [9.17, 15) is 0 Å². The van der Waals surface area contributed by atoms with Crippen LogP contribution in [-0.2, 0) is 0 Å². The van der Waals surface area contributed by atoms with Crippen LogP contribution in [0.25, 0.3) is 285 Å². The molecule has 0 aliphatic heterocycles. The second kappa shape index (κ2) is 34.0. The summed E-state index contributed by atoms with van der Waals surface area (Å²) in [7, 11) is 0. The molecule has 0 aromatic heterocycles. The van der Waals surface area contributed by atoms with E-state index in [2.05, 4.69) is 534 Å². The Kier molecular flexibility index (Phi) is 19.8. The summed E-state index contributed by atoms with van der Waals surface area (Å²) in [5.74, 6) is 0. The molecule has 0 N–H and O–H groups in total.